The summed E-state index contributed by atoms with van der Waals surface area (Å²) in [5.41, 5.74) is 3.10. The molecule has 0 saturated carbocycles. The van der Waals surface area contributed by atoms with Crippen molar-refractivity contribution in [2.24, 2.45) is 0 Å². The molecular weight excluding hydrogens is 382 g/mol. The summed E-state index contributed by atoms with van der Waals surface area (Å²) in [6, 6.07) is 7.93. The van der Waals surface area contributed by atoms with Crippen LogP contribution in [0.25, 0.3) is 5.69 Å². The number of para-hydroxylation sites is 1. The van der Waals surface area contributed by atoms with Crippen LogP contribution in [0.1, 0.15) is 43.4 Å². The van der Waals surface area contributed by atoms with Crippen molar-refractivity contribution in [3.63, 3.8) is 0 Å². The Labute approximate surface area is 175 Å². The van der Waals surface area contributed by atoms with E-state index in [0.717, 1.165) is 17.8 Å². The number of amides is 1. The van der Waals surface area contributed by atoms with Crippen LogP contribution in [0.15, 0.2) is 36.8 Å². The van der Waals surface area contributed by atoms with Gasteiger partial charge in [0.25, 0.3) is 0 Å². The number of cyclic esters (lactones) is 1. The molecule has 0 aliphatic carbocycles. The molecule has 1 aromatic carbocycles. The van der Waals surface area contributed by atoms with Gasteiger partial charge in [0.05, 0.1) is 24.1 Å². The van der Waals surface area contributed by atoms with Gasteiger partial charge in [-0.3, -0.25) is 0 Å². The van der Waals surface area contributed by atoms with E-state index in [1.807, 2.05) is 36.7 Å². The maximum Gasteiger partial charge on any atom is 0.417 e. The van der Waals surface area contributed by atoms with Crippen molar-refractivity contribution in [3.05, 3.63) is 53.9 Å². The topological polar surface area (TPSA) is 98.1 Å². The predicted octanol–water partition coefficient (Wildman–Crippen LogP) is 3.58. The SMILES string of the molecule is CC[C@H]1COC(=O)N1c1nc(C)nc(N[C@@H](C)c2cn(-c3ccccc3C)cn2)n1. The molecule has 3 aromatic rings. The fourth-order valence-corrected chi connectivity index (χ4v) is 3.46. The van der Waals surface area contributed by atoms with Gasteiger partial charge in [0, 0.05) is 11.9 Å². The standard InChI is InChI=1S/C21H25N7O2/c1-5-16-11-30-21(29)28(16)20-25-15(4)24-19(26-20)23-14(3)17-10-27(12-22-17)18-9-7-6-8-13(18)2/h6-10,12,14,16H,5,11H2,1-4H3,(H,23,24,25,26)/t14-,16-/m0/s1. The minimum absolute atomic E-state index is 0.0746. The van der Waals surface area contributed by atoms with Gasteiger partial charge in [-0.15, -0.1) is 0 Å². The second-order valence-corrected chi connectivity index (χ2v) is 7.37. The van der Waals surface area contributed by atoms with E-state index in [2.05, 4.69) is 44.3 Å². The van der Waals surface area contributed by atoms with Crippen LogP contribution in [0.3, 0.4) is 0 Å². The highest BCUT2D eigenvalue weighted by Crippen LogP contribution is 2.24. The van der Waals surface area contributed by atoms with E-state index >= 15 is 0 Å². The largest absolute Gasteiger partial charge is 0.447 e. The number of anilines is 2. The number of nitrogens with zero attached hydrogens (tertiary/aromatic N) is 6. The summed E-state index contributed by atoms with van der Waals surface area (Å²) in [7, 11) is 0. The zero-order valence-corrected chi connectivity index (χ0v) is 17.5. The Morgan fingerprint density at radius 3 is 2.80 bits per heavy atom. The average molecular weight is 407 g/mol. The third-order valence-corrected chi connectivity index (χ3v) is 5.17. The molecule has 9 heteroatoms. The van der Waals surface area contributed by atoms with Gasteiger partial charge in [0.1, 0.15) is 12.4 Å². The molecular formula is C21H25N7O2. The predicted molar refractivity (Wildman–Crippen MR) is 113 cm³/mol. The average Bonchev–Trinajstić information content (AvgIpc) is 3.34. The van der Waals surface area contributed by atoms with Gasteiger partial charge in [-0.25, -0.2) is 14.7 Å². The lowest BCUT2D eigenvalue weighted by atomic mass is 10.2. The quantitative estimate of drug-likeness (QED) is 0.667. The highest BCUT2D eigenvalue weighted by Gasteiger charge is 2.35. The Bertz CT molecular complexity index is 1070. The lowest BCUT2D eigenvalue weighted by Crippen LogP contribution is -2.34. The summed E-state index contributed by atoms with van der Waals surface area (Å²) in [4.78, 5) is 31.4. The fraction of sp³-hybridized carbons (Fsp3) is 0.381. The zero-order chi connectivity index (χ0) is 21.3. The summed E-state index contributed by atoms with van der Waals surface area (Å²) < 4.78 is 7.16. The van der Waals surface area contributed by atoms with E-state index in [9.17, 15) is 4.79 Å². The summed E-state index contributed by atoms with van der Waals surface area (Å²) in [6.45, 7) is 8.17. The van der Waals surface area contributed by atoms with Crippen LogP contribution in [-0.2, 0) is 4.74 Å². The van der Waals surface area contributed by atoms with Crippen LogP contribution in [0.4, 0.5) is 16.7 Å². The van der Waals surface area contributed by atoms with Gasteiger partial charge < -0.3 is 14.6 Å². The van der Waals surface area contributed by atoms with Crippen molar-refractivity contribution in [3.8, 4) is 5.69 Å². The Morgan fingerprint density at radius 1 is 1.23 bits per heavy atom. The lowest BCUT2D eigenvalue weighted by molar-refractivity contribution is 0.178. The van der Waals surface area contributed by atoms with Crippen molar-refractivity contribution >= 4 is 18.0 Å². The van der Waals surface area contributed by atoms with Crippen LogP contribution < -0.4 is 10.2 Å². The number of carbonyl (C=O) groups excluding carboxylic acids is 1. The van der Waals surface area contributed by atoms with E-state index in [1.54, 1.807) is 13.3 Å². The minimum Gasteiger partial charge on any atom is -0.447 e. The van der Waals surface area contributed by atoms with Crippen LogP contribution in [0, 0.1) is 13.8 Å². The molecule has 156 valence electrons. The first-order valence-corrected chi connectivity index (χ1v) is 10.0. The van der Waals surface area contributed by atoms with Gasteiger partial charge in [0.15, 0.2) is 0 Å². The van der Waals surface area contributed by atoms with Crippen LogP contribution in [0.5, 0.6) is 0 Å². The Morgan fingerprint density at radius 2 is 2.03 bits per heavy atom. The molecule has 0 unspecified atom stereocenters. The van der Waals surface area contributed by atoms with Crippen LogP contribution >= 0.6 is 0 Å². The Balaban J connectivity index is 1.55. The van der Waals surface area contributed by atoms with Gasteiger partial charge in [-0.2, -0.15) is 15.0 Å². The summed E-state index contributed by atoms with van der Waals surface area (Å²) in [5, 5.41) is 3.27. The second-order valence-electron chi connectivity index (χ2n) is 7.37. The number of hydrogen-bond donors (Lipinski definition) is 1. The summed E-state index contributed by atoms with van der Waals surface area (Å²) in [5.74, 6) is 1.22. The highest BCUT2D eigenvalue weighted by molar-refractivity contribution is 5.88. The van der Waals surface area contributed by atoms with E-state index in [-0.39, 0.29) is 12.1 Å². The van der Waals surface area contributed by atoms with E-state index in [1.165, 1.54) is 10.5 Å². The normalized spacial score (nSPS) is 17.1. The first-order chi connectivity index (χ1) is 14.5. The molecule has 9 nitrogen and oxygen atoms in total. The molecule has 1 N–H and O–H groups in total. The molecule has 1 fully saturated rings. The van der Waals surface area contributed by atoms with Crippen LogP contribution in [0.2, 0.25) is 0 Å². The third-order valence-electron chi connectivity index (χ3n) is 5.17. The van der Waals surface area contributed by atoms with E-state index in [4.69, 9.17) is 4.74 Å². The molecule has 2 atom stereocenters. The lowest BCUT2D eigenvalue weighted by Gasteiger charge is -2.19. The first kappa shape index (κ1) is 19.8. The highest BCUT2D eigenvalue weighted by atomic mass is 16.6. The monoisotopic (exact) mass is 407 g/mol. The summed E-state index contributed by atoms with van der Waals surface area (Å²) in [6.07, 6.45) is 4.11. The van der Waals surface area contributed by atoms with Gasteiger partial charge in [0.2, 0.25) is 11.9 Å². The van der Waals surface area contributed by atoms with Crippen molar-refractivity contribution in [2.75, 3.05) is 16.8 Å². The molecule has 2 aromatic heterocycles. The number of aryl methyl sites for hydroxylation is 2. The number of carbonyl (C=O) groups is 1. The zero-order valence-electron chi connectivity index (χ0n) is 17.5. The van der Waals surface area contributed by atoms with Crippen LogP contribution in [-0.4, -0.2) is 43.2 Å². The Hall–Kier alpha value is -3.49. The number of nitrogens with one attached hydrogen (secondary N) is 1. The number of rotatable bonds is 6. The number of aromatic nitrogens is 5. The maximum atomic E-state index is 12.1. The van der Waals surface area contributed by atoms with Crippen molar-refractivity contribution in [1.82, 2.24) is 24.5 Å². The first-order valence-electron chi connectivity index (χ1n) is 10.0. The molecule has 0 spiro atoms. The Kier molecular flexibility index (Phi) is 5.35. The maximum absolute atomic E-state index is 12.1. The molecule has 1 aliphatic heterocycles. The second kappa shape index (κ2) is 8.10. The van der Waals surface area contributed by atoms with Crippen molar-refractivity contribution in [2.45, 2.75) is 46.2 Å². The summed E-state index contributed by atoms with van der Waals surface area (Å²) >= 11 is 0. The van der Waals surface area contributed by atoms with Crippen molar-refractivity contribution in [1.29, 1.82) is 0 Å². The molecule has 1 saturated heterocycles. The van der Waals surface area contributed by atoms with E-state index in [0.29, 0.717) is 24.3 Å². The number of benzene rings is 1. The molecule has 3 heterocycles. The third kappa shape index (κ3) is 3.83. The molecule has 0 radical (unpaired) electrons. The smallest absolute Gasteiger partial charge is 0.417 e. The minimum atomic E-state index is -0.427. The molecule has 4 rings (SSSR count). The number of ether oxygens (including phenoxy) is 1. The van der Waals surface area contributed by atoms with Gasteiger partial charge >= 0.3 is 6.09 Å². The van der Waals surface area contributed by atoms with E-state index < -0.39 is 6.09 Å². The fourth-order valence-electron chi connectivity index (χ4n) is 3.46. The van der Waals surface area contributed by atoms with Gasteiger partial charge in [-0.1, -0.05) is 25.1 Å². The molecule has 1 aliphatic rings. The molecule has 1 amide bonds. The number of hydrogen-bond acceptors (Lipinski definition) is 7. The number of imidazole rings is 1. The molecule has 0 bridgehead atoms. The van der Waals surface area contributed by atoms with Crippen molar-refractivity contribution < 1.29 is 9.53 Å². The van der Waals surface area contributed by atoms with Gasteiger partial charge in [-0.05, 0) is 38.8 Å². The molecule has 30 heavy (non-hydrogen) atoms.